The van der Waals surface area contributed by atoms with Gasteiger partial charge in [0.1, 0.15) is 6.04 Å². The summed E-state index contributed by atoms with van der Waals surface area (Å²) in [5, 5.41) is 5.97. The molecule has 2 unspecified atom stereocenters. The monoisotopic (exact) mass is 383 g/mol. The highest BCUT2D eigenvalue weighted by molar-refractivity contribution is 5.89. The molecule has 2 saturated heterocycles. The van der Waals surface area contributed by atoms with Gasteiger partial charge in [0.25, 0.3) is 0 Å². The van der Waals surface area contributed by atoms with Crippen molar-refractivity contribution >= 4 is 11.8 Å². The number of benzene rings is 1. The van der Waals surface area contributed by atoms with Crippen LogP contribution in [0.5, 0.6) is 0 Å². The molecular weight excluding hydrogens is 359 g/mol. The Bertz CT molecular complexity index is 670. The number of nitrogens with zero attached hydrogens (tertiary/aromatic N) is 1. The maximum atomic E-state index is 12.7. The van der Waals surface area contributed by atoms with Gasteiger partial charge in [-0.15, -0.1) is 0 Å². The number of alkyl halides is 3. The van der Waals surface area contributed by atoms with Crippen molar-refractivity contribution < 1.29 is 22.8 Å². The van der Waals surface area contributed by atoms with Crippen molar-refractivity contribution in [2.75, 3.05) is 19.6 Å². The summed E-state index contributed by atoms with van der Waals surface area (Å²) in [7, 11) is 0. The van der Waals surface area contributed by atoms with Crippen molar-refractivity contribution in [2.45, 2.75) is 44.4 Å². The third-order valence-corrected chi connectivity index (χ3v) is 5.23. The number of carbonyl (C=O) groups excluding carboxylic acids is 2. The SMILES string of the molecule is O=C(NCc1ccc(C(F)(F)F)cc1)C1CCCN1C(=O)C1CCCNC1. The summed E-state index contributed by atoms with van der Waals surface area (Å²) in [6.07, 6.45) is -1.19. The normalized spacial score (nSPS) is 23.3. The lowest BCUT2D eigenvalue weighted by molar-refractivity contribution is -0.142. The molecule has 1 aromatic rings. The highest BCUT2D eigenvalue weighted by atomic mass is 19.4. The predicted octanol–water partition coefficient (Wildman–Crippen LogP) is 2.31. The molecule has 8 heteroatoms. The third-order valence-electron chi connectivity index (χ3n) is 5.23. The van der Waals surface area contributed by atoms with Gasteiger partial charge in [-0.3, -0.25) is 9.59 Å². The molecule has 0 aromatic heterocycles. The van der Waals surface area contributed by atoms with Crippen LogP contribution in [0.25, 0.3) is 0 Å². The molecular formula is C19H24F3N3O2. The van der Waals surface area contributed by atoms with E-state index >= 15 is 0 Å². The highest BCUT2D eigenvalue weighted by Crippen LogP contribution is 2.29. The molecule has 0 saturated carbocycles. The second kappa shape index (κ2) is 8.29. The first-order chi connectivity index (χ1) is 12.9. The van der Waals surface area contributed by atoms with Crippen LogP contribution >= 0.6 is 0 Å². The number of rotatable bonds is 4. The third kappa shape index (κ3) is 4.80. The molecule has 2 fully saturated rings. The highest BCUT2D eigenvalue weighted by Gasteiger charge is 2.37. The molecule has 0 bridgehead atoms. The molecule has 0 aliphatic carbocycles. The number of likely N-dealkylation sites (tertiary alicyclic amines) is 1. The fourth-order valence-electron chi connectivity index (χ4n) is 3.72. The van der Waals surface area contributed by atoms with Gasteiger partial charge in [0.15, 0.2) is 0 Å². The first-order valence-corrected chi connectivity index (χ1v) is 9.31. The first kappa shape index (κ1) is 19.7. The van der Waals surface area contributed by atoms with E-state index in [9.17, 15) is 22.8 Å². The Morgan fingerprint density at radius 3 is 2.52 bits per heavy atom. The zero-order valence-corrected chi connectivity index (χ0v) is 15.0. The largest absolute Gasteiger partial charge is 0.416 e. The molecule has 2 atom stereocenters. The Labute approximate surface area is 156 Å². The van der Waals surface area contributed by atoms with Crippen molar-refractivity contribution in [1.82, 2.24) is 15.5 Å². The topological polar surface area (TPSA) is 61.4 Å². The Kier molecular flexibility index (Phi) is 6.04. The van der Waals surface area contributed by atoms with Gasteiger partial charge >= 0.3 is 6.18 Å². The van der Waals surface area contributed by atoms with Crippen LogP contribution < -0.4 is 10.6 Å². The Morgan fingerprint density at radius 2 is 1.89 bits per heavy atom. The number of hydrogen-bond donors (Lipinski definition) is 2. The van der Waals surface area contributed by atoms with Gasteiger partial charge < -0.3 is 15.5 Å². The van der Waals surface area contributed by atoms with Crippen LogP contribution in [-0.2, 0) is 22.3 Å². The van der Waals surface area contributed by atoms with E-state index in [1.54, 1.807) is 4.90 Å². The lowest BCUT2D eigenvalue weighted by atomic mass is 9.97. The van der Waals surface area contributed by atoms with E-state index in [-0.39, 0.29) is 24.3 Å². The Balaban J connectivity index is 1.56. The zero-order chi connectivity index (χ0) is 19.4. The predicted molar refractivity (Wildman–Crippen MR) is 93.6 cm³/mol. The Morgan fingerprint density at radius 1 is 1.15 bits per heavy atom. The molecule has 0 spiro atoms. The van der Waals surface area contributed by atoms with Crippen LogP contribution in [0.1, 0.15) is 36.8 Å². The number of piperidine rings is 1. The van der Waals surface area contributed by atoms with Crippen LogP contribution in [-0.4, -0.2) is 42.4 Å². The second-order valence-corrected chi connectivity index (χ2v) is 7.15. The molecule has 2 N–H and O–H groups in total. The van der Waals surface area contributed by atoms with Gasteiger partial charge in [0.2, 0.25) is 11.8 Å². The molecule has 2 amide bonds. The maximum Gasteiger partial charge on any atom is 0.416 e. The summed E-state index contributed by atoms with van der Waals surface area (Å²) >= 11 is 0. The van der Waals surface area contributed by atoms with E-state index < -0.39 is 17.8 Å². The molecule has 2 aliphatic heterocycles. The summed E-state index contributed by atoms with van der Waals surface area (Å²) < 4.78 is 37.8. The first-order valence-electron chi connectivity index (χ1n) is 9.31. The van der Waals surface area contributed by atoms with Gasteiger partial charge in [0, 0.05) is 19.6 Å². The summed E-state index contributed by atoms with van der Waals surface area (Å²) in [6.45, 7) is 2.28. The van der Waals surface area contributed by atoms with Crippen molar-refractivity contribution in [3.63, 3.8) is 0 Å². The fourth-order valence-corrected chi connectivity index (χ4v) is 3.72. The number of nitrogens with one attached hydrogen (secondary N) is 2. The summed E-state index contributed by atoms with van der Waals surface area (Å²) in [5.74, 6) is -0.305. The summed E-state index contributed by atoms with van der Waals surface area (Å²) in [6, 6.07) is 4.23. The summed E-state index contributed by atoms with van der Waals surface area (Å²) in [4.78, 5) is 26.9. The Hall–Kier alpha value is -2.09. The zero-order valence-electron chi connectivity index (χ0n) is 15.0. The van der Waals surface area contributed by atoms with Gasteiger partial charge in [-0.25, -0.2) is 0 Å². The standard InChI is InChI=1S/C19H24F3N3O2/c20-19(21,22)15-7-5-13(6-8-15)11-24-17(26)16-4-2-10-25(16)18(27)14-3-1-9-23-12-14/h5-8,14,16,23H,1-4,9-12H2,(H,24,26). The molecule has 148 valence electrons. The smallest absolute Gasteiger partial charge is 0.350 e. The van der Waals surface area contributed by atoms with Crippen molar-refractivity contribution in [3.8, 4) is 0 Å². The van der Waals surface area contributed by atoms with Gasteiger partial charge in [-0.2, -0.15) is 13.2 Å². The minimum Gasteiger partial charge on any atom is -0.350 e. The maximum absolute atomic E-state index is 12.7. The molecule has 5 nitrogen and oxygen atoms in total. The minimum atomic E-state index is -4.37. The van der Waals surface area contributed by atoms with Gasteiger partial charge in [-0.05, 0) is 49.9 Å². The lowest BCUT2D eigenvalue weighted by Gasteiger charge is -2.30. The van der Waals surface area contributed by atoms with Crippen LogP contribution in [0.15, 0.2) is 24.3 Å². The fraction of sp³-hybridized carbons (Fsp3) is 0.579. The quantitative estimate of drug-likeness (QED) is 0.839. The van der Waals surface area contributed by atoms with Gasteiger partial charge in [-0.1, -0.05) is 12.1 Å². The lowest BCUT2D eigenvalue weighted by Crippen LogP contribution is -2.50. The van der Waals surface area contributed by atoms with Crippen LogP contribution in [0.3, 0.4) is 0 Å². The molecule has 1 aromatic carbocycles. The van der Waals surface area contributed by atoms with Crippen molar-refractivity contribution in [3.05, 3.63) is 35.4 Å². The van der Waals surface area contributed by atoms with Crippen LogP contribution in [0, 0.1) is 5.92 Å². The van der Waals surface area contributed by atoms with E-state index in [0.29, 0.717) is 25.1 Å². The van der Waals surface area contributed by atoms with Crippen molar-refractivity contribution in [1.29, 1.82) is 0 Å². The van der Waals surface area contributed by atoms with E-state index in [2.05, 4.69) is 10.6 Å². The number of carbonyl (C=O) groups is 2. The number of amides is 2. The summed E-state index contributed by atoms with van der Waals surface area (Å²) in [5.41, 5.74) is -0.130. The number of hydrogen-bond acceptors (Lipinski definition) is 3. The minimum absolute atomic E-state index is 0.0226. The van der Waals surface area contributed by atoms with Crippen LogP contribution in [0.4, 0.5) is 13.2 Å². The van der Waals surface area contributed by atoms with E-state index in [1.165, 1.54) is 12.1 Å². The van der Waals surface area contributed by atoms with E-state index in [0.717, 1.165) is 37.9 Å². The van der Waals surface area contributed by atoms with Crippen LogP contribution in [0.2, 0.25) is 0 Å². The molecule has 2 heterocycles. The van der Waals surface area contributed by atoms with E-state index in [4.69, 9.17) is 0 Å². The van der Waals surface area contributed by atoms with Gasteiger partial charge in [0.05, 0.1) is 11.5 Å². The number of halogens is 3. The van der Waals surface area contributed by atoms with Crippen molar-refractivity contribution in [2.24, 2.45) is 5.92 Å². The second-order valence-electron chi connectivity index (χ2n) is 7.15. The van der Waals surface area contributed by atoms with E-state index in [1.807, 2.05) is 0 Å². The molecule has 0 radical (unpaired) electrons. The average Bonchev–Trinajstić information content (AvgIpc) is 3.16. The average molecular weight is 383 g/mol. The molecule has 27 heavy (non-hydrogen) atoms. The molecule has 2 aliphatic rings. The molecule has 3 rings (SSSR count).